The Morgan fingerprint density at radius 3 is 2.65 bits per heavy atom. The van der Waals surface area contributed by atoms with Crippen molar-refractivity contribution in [2.45, 2.75) is 20.4 Å². The van der Waals surface area contributed by atoms with E-state index in [-0.39, 0.29) is 23.9 Å². The van der Waals surface area contributed by atoms with Crippen LogP contribution in [0.4, 0.5) is 4.39 Å². The summed E-state index contributed by atoms with van der Waals surface area (Å²) in [5, 5.41) is 7.04. The predicted molar refractivity (Wildman–Crippen MR) is 97.0 cm³/mol. The number of nitrogens with zero attached hydrogens (tertiary/aromatic N) is 3. The maximum absolute atomic E-state index is 13.6. The largest absolute Gasteiger partial charge is 0.350 e. The summed E-state index contributed by atoms with van der Waals surface area (Å²) >= 11 is 0. The number of carbonyl (C=O) groups is 2. The summed E-state index contributed by atoms with van der Waals surface area (Å²) in [4.78, 5) is 25.8. The molecule has 0 aliphatic rings. The van der Waals surface area contributed by atoms with Crippen molar-refractivity contribution < 1.29 is 14.0 Å². The minimum Gasteiger partial charge on any atom is -0.350 e. The van der Waals surface area contributed by atoms with Gasteiger partial charge in [0, 0.05) is 31.9 Å². The number of aromatic nitrogens is 2. The Morgan fingerprint density at radius 1 is 1.35 bits per heavy atom. The zero-order valence-corrected chi connectivity index (χ0v) is 15.3. The van der Waals surface area contributed by atoms with Gasteiger partial charge in [0.05, 0.1) is 12.2 Å². The second kappa shape index (κ2) is 8.42. The molecule has 7 heteroatoms. The van der Waals surface area contributed by atoms with Gasteiger partial charge in [-0.2, -0.15) is 5.10 Å². The molecule has 0 unspecified atom stereocenters. The highest BCUT2D eigenvalue weighted by Gasteiger charge is 2.15. The van der Waals surface area contributed by atoms with Crippen LogP contribution < -0.4 is 5.32 Å². The number of carbonyl (C=O) groups excluding carboxylic acids is 2. The van der Waals surface area contributed by atoms with Crippen LogP contribution in [-0.2, 0) is 18.4 Å². The van der Waals surface area contributed by atoms with E-state index in [2.05, 4.69) is 17.0 Å². The highest BCUT2D eigenvalue weighted by molar-refractivity contribution is 5.94. The van der Waals surface area contributed by atoms with Crippen LogP contribution in [0.25, 0.3) is 0 Å². The summed E-state index contributed by atoms with van der Waals surface area (Å²) in [6.07, 6.45) is 3.11. The first-order chi connectivity index (χ1) is 12.3. The Hall–Kier alpha value is -2.96. The van der Waals surface area contributed by atoms with Crippen LogP contribution in [0.3, 0.4) is 0 Å². The van der Waals surface area contributed by atoms with Crippen LogP contribution in [0.15, 0.2) is 37.1 Å². The van der Waals surface area contributed by atoms with E-state index >= 15 is 0 Å². The van der Waals surface area contributed by atoms with Crippen LogP contribution in [0.5, 0.6) is 0 Å². The van der Waals surface area contributed by atoms with E-state index in [1.54, 1.807) is 28.6 Å². The zero-order chi connectivity index (χ0) is 19.3. The summed E-state index contributed by atoms with van der Waals surface area (Å²) in [5.41, 5.74) is 2.49. The number of hydrogen-bond acceptors (Lipinski definition) is 3. The van der Waals surface area contributed by atoms with Crippen molar-refractivity contribution in [3.63, 3.8) is 0 Å². The molecule has 138 valence electrons. The van der Waals surface area contributed by atoms with Crippen LogP contribution in [0, 0.1) is 19.7 Å². The fraction of sp³-hybridized carbons (Fsp3) is 0.316. The van der Waals surface area contributed by atoms with Crippen molar-refractivity contribution in [1.82, 2.24) is 20.0 Å². The van der Waals surface area contributed by atoms with Gasteiger partial charge in [-0.05, 0) is 43.2 Å². The van der Waals surface area contributed by atoms with Crippen molar-refractivity contribution in [2.24, 2.45) is 7.05 Å². The topological polar surface area (TPSA) is 67.2 Å². The van der Waals surface area contributed by atoms with Gasteiger partial charge in [0.15, 0.2) is 0 Å². The molecular formula is C19H23FN4O2. The van der Waals surface area contributed by atoms with Gasteiger partial charge in [-0.3, -0.25) is 14.3 Å². The lowest BCUT2D eigenvalue weighted by Gasteiger charge is -2.21. The summed E-state index contributed by atoms with van der Waals surface area (Å²) < 4.78 is 15.3. The van der Waals surface area contributed by atoms with Crippen LogP contribution >= 0.6 is 0 Å². The summed E-state index contributed by atoms with van der Waals surface area (Å²) in [6.45, 7) is 7.93. The molecule has 6 nitrogen and oxygen atoms in total. The highest BCUT2D eigenvalue weighted by atomic mass is 19.1. The van der Waals surface area contributed by atoms with E-state index in [4.69, 9.17) is 0 Å². The molecule has 1 heterocycles. The van der Waals surface area contributed by atoms with Crippen LogP contribution in [-0.4, -0.2) is 39.6 Å². The average molecular weight is 358 g/mol. The number of aryl methyl sites for hydroxylation is 3. The minimum absolute atomic E-state index is 0.236. The number of rotatable bonds is 7. The van der Waals surface area contributed by atoms with Gasteiger partial charge < -0.3 is 10.2 Å². The molecular weight excluding hydrogens is 335 g/mol. The van der Waals surface area contributed by atoms with E-state index in [1.165, 1.54) is 12.1 Å². The fourth-order valence-corrected chi connectivity index (χ4v) is 2.53. The van der Waals surface area contributed by atoms with Gasteiger partial charge in [0.25, 0.3) is 5.91 Å². The fourth-order valence-electron chi connectivity index (χ4n) is 2.53. The standard InChI is InChI=1S/C19H23FN4O2/c1-5-18(25)24(12-17-14(3)11-23(4)22-17)9-8-21-19(26)15-7-6-13(2)16(20)10-15/h5-7,10-11H,1,8-9,12H2,2-4H3,(H,21,26). The monoisotopic (exact) mass is 358 g/mol. The van der Waals surface area contributed by atoms with Crippen molar-refractivity contribution in [3.8, 4) is 0 Å². The summed E-state index contributed by atoms with van der Waals surface area (Å²) in [6, 6.07) is 4.33. The van der Waals surface area contributed by atoms with Crippen molar-refractivity contribution in [3.05, 3.63) is 65.3 Å². The third kappa shape index (κ3) is 4.78. The molecule has 0 aliphatic carbocycles. The van der Waals surface area contributed by atoms with Crippen molar-refractivity contribution in [1.29, 1.82) is 0 Å². The molecule has 2 amide bonds. The normalized spacial score (nSPS) is 10.5. The molecule has 0 saturated heterocycles. The van der Waals surface area contributed by atoms with Crippen molar-refractivity contribution in [2.75, 3.05) is 13.1 Å². The van der Waals surface area contributed by atoms with E-state index < -0.39 is 5.82 Å². The van der Waals surface area contributed by atoms with Gasteiger partial charge in [0.1, 0.15) is 5.82 Å². The molecule has 1 N–H and O–H groups in total. The van der Waals surface area contributed by atoms with Gasteiger partial charge in [-0.1, -0.05) is 12.6 Å². The summed E-state index contributed by atoms with van der Waals surface area (Å²) in [7, 11) is 1.82. The lowest BCUT2D eigenvalue weighted by Crippen LogP contribution is -2.37. The minimum atomic E-state index is -0.424. The SMILES string of the molecule is C=CC(=O)N(CCNC(=O)c1ccc(C)c(F)c1)Cc1nn(C)cc1C. The molecule has 0 spiro atoms. The van der Waals surface area contributed by atoms with Gasteiger partial charge >= 0.3 is 0 Å². The Balaban J connectivity index is 1.97. The lowest BCUT2D eigenvalue weighted by molar-refractivity contribution is -0.126. The maximum Gasteiger partial charge on any atom is 0.251 e. The molecule has 0 radical (unpaired) electrons. The molecule has 0 atom stereocenters. The maximum atomic E-state index is 13.6. The van der Waals surface area contributed by atoms with Crippen LogP contribution in [0.2, 0.25) is 0 Å². The first kappa shape index (κ1) is 19.4. The lowest BCUT2D eigenvalue weighted by atomic mass is 10.1. The van der Waals surface area contributed by atoms with Gasteiger partial charge in [-0.25, -0.2) is 4.39 Å². The van der Waals surface area contributed by atoms with Gasteiger partial charge in [0.2, 0.25) is 5.91 Å². The average Bonchev–Trinajstić information content (AvgIpc) is 2.92. The molecule has 2 rings (SSSR count). The quantitative estimate of drug-likeness (QED) is 0.771. The second-order valence-corrected chi connectivity index (χ2v) is 6.12. The smallest absolute Gasteiger partial charge is 0.251 e. The molecule has 0 fully saturated rings. The number of amides is 2. The molecule has 26 heavy (non-hydrogen) atoms. The number of halogens is 1. The van der Waals surface area contributed by atoms with E-state index in [9.17, 15) is 14.0 Å². The number of nitrogens with one attached hydrogen (secondary N) is 1. The van der Waals surface area contributed by atoms with Crippen LogP contribution in [0.1, 0.15) is 27.2 Å². The van der Waals surface area contributed by atoms with Gasteiger partial charge in [-0.15, -0.1) is 0 Å². The van der Waals surface area contributed by atoms with E-state index in [0.717, 1.165) is 11.3 Å². The Morgan fingerprint density at radius 2 is 2.08 bits per heavy atom. The molecule has 1 aromatic heterocycles. The number of benzene rings is 1. The third-order valence-corrected chi connectivity index (χ3v) is 4.04. The first-order valence-corrected chi connectivity index (χ1v) is 8.26. The Kier molecular flexibility index (Phi) is 6.27. The third-order valence-electron chi connectivity index (χ3n) is 4.04. The second-order valence-electron chi connectivity index (χ2n) is 6.12. The molecule has 2 aromatic rings. The van der Waals surface area contributed by atoms with E-state index in [1.807, 2.05) is 20.2 Å². The molecule has 0 bridgehead atoms. The Labute approximate surface area is 152 Å². The number of hydrogen-bond donors (Lipinski definition) is 1. The molecule has 0 saturated carbocycles. The van der Waals surface area contributed by atoms with E-state index in [0.29, 0.717) is 18.7 Å². The Bertz CT molecular complexity index is 829. The summed E-state index contributed by atoms with van der Waals surface area (Å²) in [5.74, 6) is -1.05. The molecule has 1 aromatic carbocycles. The highest BCUT2D eigenvalue weighted by Crippen LogP contribution is 2.10. The zero-order valence-electron chi connectivity index (χ0n) is 15.3. The predicted octanol–water partition coefficient (Wildman–Crippen LogP) is 2.12. The first-order valence-electron chi connectivity index (χ1n) is 8.26. The molecule has 0 aliphatic heterocycles. The van der Waals surface area contributed by atoms with Crippen molar-refractivity contribution >= 4 is 11.8 Å².